The number of methoxy groups -OCH3 is 1. The molecule has 4 nitrogen and oxygen atoms in total. The first-order valence-corrected chi connectivity index (χ1v) is 6.57. The maximum absolute atomic E-state index is 12.5. The Bertz CT molecular complexity index is 587. The van der Waals surface area contributed by atoms with Gasteiger partial charge >= 0.3 is 23.6 Å². The minimum atomic E-state index is -5.31. The first kappa shape index (κ1) is 19.1. The van der Waals surface area contributed by atoms with Crippen molar-refractivity contribution in [2.45, 2.75) is 22.6 Å². The largest absolute Gasteiger partial charge is 0.471 e. The van der Waals surface area contributed by atoms with E-state index < -0.39 is 51.8 Å². The number of hydrogen-bond donors (Lipinski definition) is 1. The molecule has 0 aliphatic carbocycles. The fourth-order valence-corrected chi connectivity index (χ4v) is 2.23. The third-order valence-corrected chi connectivity index (χ3v) is 3.25. The van der Waals surface area contributed by atoms with Gasteiger partial charge in [-0.3, -0.25) is 4.79 Å². The van der Waals surface area contributed by atoms with E-state index in [-0.39, 0.29) is 0 Å². The normalized spacial score (nSPS) is 13.3. The van der Waals surface area contributed by atoms with Crippen LogP contribution in [0.25, 0.3) is 0 Å². The SMILES string of the molecule is COC(=O)C(NC(=O)C(F)(F)F)c1ccccc1SC(F)(F)F. The molecule has 1 N–H and O–H groups in total. The molecule has 0 aliphatic rings. The molecule has 0 aliphatic heterocycles. The lowest BCUT2D eigenvalue weighted by molar-refractivity contribution is -0.175. The molecule has 0 fully saturated rings. The second-order valence-corrected chi connectivity index (χ2v) is 5.12. The number of esters is 1. The van der Waals surface area contributed by atoms with E-state index in [0.717, 1.165) is 19.2 Å². The fourth-order valence-electron chi connectivity index (χ4n) is 1.53. The molecule has 0 saturated heterocycles. The number of amides is 1. The van der Waals surface area contributed by atoms with Crippen LogP contribution in [0.3, 0.4) is 0 Å². The standard InChI is InChI=1S/C12H9F6NO3S/c1-22-9(20)8(19-10(21)11(13,14)15)6-4-2-3-5-7(6)23-12(16,17)18/h2-5,8H,1H3,(H,19,21). The molecule has 0 radical (unpaired) electrons. The van der Waals surface area contributed by atoms with Gasteiger partial charge in [-0.05, 0) is 23.4 Å². The molecule has 0 bridgehead atoms. The van der Waals surface area contributed by atoms with E-state index in [1.54, 1.807) is 0 Å². The Balaban J connectivity index is 3.23. The van der Waals surface area contributed by atoms with E-state index in [1.165, 1.54) is 17.4 Å². The number of benzene rings is 1. The third-order valence-electron chi connectivity index (χ3n) is 2.43. The minimum absolute atomic E-state index is 0.459. The zero-order chi connectivity index (χ0) is 17.8. The number of thioether (sulfide) groups is 1. The monoisotopic (exact) mass is 361 g/mol. The van der Waals surface area contributed by atoms with Gasteiger partial charge < -0.3 is 10.1 Å². The zero-order valence-electron chi connectivity index (χ0n) is 11.3. The summed E-state index contributed by atoms with van der Waals surface area (Å²) in [6, 6.07) is 2.35. The molecule has 0 saturated carbocycles. The zero-order valence-corrected chi connectivity index (χ0v) is 12.1. The van der Waals surface area contributed by atoms with Crippen molar-refractivity contribution in [1.29, 1.82) is 0 Å². The fraction of sp³-hybridized carbons (Fsp3) is 0.333. The van der Waals surface area contributed by atoms with Crippen LogP contribution in [0.15, 0.2) is 29.2 Å². The number of ether oxygens (including phenoxy) is 1. The molecular weight excluding hydrogens is 352 g/mol. The number of rotatable bonds is 4. The summed E-state index contributed by atoms with van der Waals surface area (Å²) >= 11 is -0.622. The van der Waals surface area contributed by atoms with Crippen LogP contribution < -0.4 is 5.32 Å². The molecule has 0 aromatic heterocycles. The molecule has 0 spiro atoms. The van der Waals surface area contributed by atoms with Gasteiger partial charge in [0.25, 0.3) is 0 Å². The van der Waals surface area contributed by atoms with Crippen molar-refractivity contribution < 1.29 is 40.7 Å². The van der Waals surface area contributed by atoms with Crippen molar-refractivity contribution in [3.63, 3.8) is 0 Å². The van der Waals surface area contributed by atoms with Crippen LogP contribution in [-0.4, -0.2) is 30.7 Å². The summed E-state index contributed by atoms with van der Waals surface area (Å²) in [6.45, 7) is 0. The second kappa shape index (κ2) is 7.11. The molecule has 1 amide bonds. The Hall–Kier alpha value is -1.91. The molecule has 1 unspecified atom stereocenters. The van der Waals surface area contributed by atoms with Crippen molar-refractivity contribution in [3.05, 3.63) is 29.8 Å². The van der Waals surface area contributed by atoms with E-state index in [0.29, 0.717) is 0 Å². The van der Waals surface area contributed by atoms with Crippen LogP contribution in [0.4, 0.5) is 26.3 Å². The van der Waals surface area contributed by atoms with Gasteiger partial charge in [-0.1, -0.05) is 18.2 Å². The Morgan fingerprint density at radius 2 is 1.70 bits per heavy atom. The van der Waals surface area contributed by atoms with E-state index in [2.05, 4.69) is 4.74 Å². The average Bonchev–Trinajstić information content (AvgIpc) is 2.42. The summed E-state index contributed by atoms with van der Waals surface area (Å²) in [7, 11) is 0.828. The predicted molar refractivity (Wildman–Crippen MR) is 67.3 cm³/mol. The van der Waals surface area contributed by atoms with E-state index in [9.17, 15) is 35.9 Å². The van der Waals surface area contributed by atoms with E-state index in [1.807, 2.05) is 0 Å². The van der Waals surface area contributed by atoms with Gasteiger partial charge in [-0.25, -0.2) is 4.79 Å². The van der Waals surface area contributed by atoms with Crippen LogP contribution >= 0.6 is 11.8 Å². The first-order valence-electron chi connectivity index (χ1n) is 5.76. The average molecular weight is 361 g/mol. The lowest BCUT2D eigenvalue weighted by atomic mass is 10.1. The lowest BCUT2D eigenvalue weighted by Crippen LogP contribution is -2.42. The van der Waals surface area contributed by atoms with Crippen LogP contribution in [0.1, 0.15) is 11.6 Å². The number of halogens is 6. The molecule has 11 heteroatoms. The van der Waals surface area contributed by atoms with E-state index in [4.69, 9.17) is 0 Å². The highest BCUT2D eigenvalue weighted by Gasteiger charge is 2.42. The first-order chi connectivity index (χ1) is 10.5. The minimum Gasteiger partial charge on any atom is -0.467 e. The number of hydrogen-bond acceptors (Lipinski definition) is 4. The predicted octanol–water partition coefficient (Wildman–Crippen LogP) is 3.19. The van der Waals surface area contributed by atoms with Crippen LogP contribution in [0.2, 0.25) is 0 Å². The second-order valence-electron chi connectivity index (χ2n) is 4.01. The van der Waals surface area contributed by atoms with Crippen LogP contribution in [0.5, 0.6) is 0 Å². The number of nitrogens with one attached hydrogen (secondary N) is 1. The topological polar surface area (TPSA) is 55.4 Å². The molecule has 23 heavy (non-hydrogen) atoms. The summed E-state index contributed by atoms with van der Waals surface area (Å²) in [5.74, 6) is -3.81. The third kappa shape index (κ3) is 5.66. The van der Waals surface area contributed by atoms with Crippen molar-refractivity contribution >= 4 is 23.6 Å². The van der Waals surface area contributed by atoms with Gasteiger partial charge in [0.2, 0.25) is 0 Å². The van der Waals surface area contributed by atoms with E-state index >= 15 is 0 Å². The lowest BCUT2D eigenvalue weighted by Gasteiger charge is -2.20. The van der Waals surface area contributed by atoms with Gasteiger partial charge in [0.05, 0.1) is 7.11 Å². The highest BCUT2D eigenvalue weighted by molar-refractivity contribution is 8.00. The Kier molecular flexibility index (Phi) is 5.92. The summed E-state index contributed by atoms with van der Waals surface area (Å²) in [6.07, 6.45) is -5.31. The van der Waals surface area contributed by atoms with Crippen molar-refractivity contribution in [2.24, 2.45) is 0 Å². The molecule has 1 aromatic carbocycles. The molecule has 128 valence electrons. The molecule has 1 rings (SSSR count). The summed E-state index contributed by atoms with van der Waals surface area (Å²) in [5, 5.41) is 1.33. The molecular formula is C12H9F6NO3S. The number of alkyl halides is 6. The van der Waals surface area contributed by atoms with Gasteiger partial charge in [0.1, 0.15) is 0 Å². The van der Waals surface area contributed by atoms with Crippen molar-refractivity contribution in [3.8, 4) is 0 Å². The highest BCUT2D eigenvalue weighted by atomic mass is 32.2. The molecule has 1 atom stereocenters. The van der Waals surface area contributed by atoms with Gasteiger partial charge in [-0.15, -0.1) is 0 Å². The summed E-state index contributed by atoms with van der Waals surface area (Å²) in [4.78, 5) is 22.1. The number of carbonyl (C=O) groups is 2. The van der Waals surface area contributed by atoms with Gasteiger partial charge in [0.15, 0.2) is 6.04 Å². The van der Waals surface area contributed by atoms with Crippen molar-refractivity contribution in [1.82, 2.24) is 5.32 Å². The Morgan fingerprint density at radius 1 is 1.13 bits per heavy atom. The molecule has 0 heterocycles. The summed E-state index contributed by atoms with van der Waals surface area (Å²) in [5.41, 5.74) is -5.19. The number of carbonyl (C=O) groups excluding carboxylic acids is 2. The smallest absolute Gasteiger partial charge is 0.467 e. The Morgan fingerprint density at radius 3 is 2.17 bits per heavy atom. The molecule has 1 aromatic rings. The quantitative estimate of drug-likeness (QED) is 0.508. The van der Waals surface area contributed by atoms with Crippen LogP contribution in [-0.2, 0) is 14.3 Å². The van der Waals surface area contributed by atoms with Gasteiger partial charge in [0, 0.05) is 4.90 Å². The Labute approximate surface area is 130 Å². The maximum Gasteiger partial charge on any atom is 0.471 e. The van der Waals surface area contributed by atoms with Crippen molar-refractivity contribution in [2.75, 3.05) is 7.11 Å². The highest BCUT2D eigenvalue weighted by Crippen LogP contribution is 2.40. The van der Waals surface area contributed by atoms with Crippen LogP contribution in [0, 0.1) is 0 Å². The summed E-state index contributed by atoms with van der Waals surface area (Å²) < 4.78 is 78.7. The maximum atomic E-state index is 12.5. The van der Waals surface area contributed by atoms with Gasteiger partial charge in [-0.2, -0.15) is 26.3 Å².